The van der Waals surface area contributed by atoms with Crippen LogP contribution in [0.4, 0.5) is 0 Å². The van der Waals surface area contributed by atoms with Gasteiger partial charge in [-0.15, -0.1) is 0 Å². The molecule has 1 saturated heterocycles. The third kappa shape index (κ3) is 3.60. The van der Waals surface area contributed by atoms with Gasteiger partial charge >= 0.3 is 0 Å². The van der Waals surface area contributed by atoms with Crippen molar-refractivity contribution in [3.63, 3.8) is 0 Å². The van der Waals surface area contributed by atoms with Crippen LogP contribution in [0.5, 0.6) is 0 Å². The molecular formula is C18H25N3. The fraction of sp³-hybridized carbons (Fsp3) is 0.500. The summed E-state index contributed by atoms with van der Waals surface area (Å²) in [6, 6.07) is 11.5. The highest BCUT2D eigenvalue weighted by atomic mass is 15.2. The van der Waals surface area contributed by atoms with Crippen LogP contribution in [0.2, 0.25) is 0 Å². The molecule has 1 aromatic heterocycles. The van der Waals surface area contributed by atoms with Gasteiger partial charge in [0.25, 0.3) is 0 Å². The van der Waals surface area contributed by atoms with Crippen LogP contribution >= 0.6 is 0 Å². The molecule has 1 aliphatic rings. The Bertz CT molecular complexity index is 594. The Morgan fingerprint density at radius 2 is 2.24 bits per heavy atom. The summed E-state index contributed by atoms with van der Waals surface area (Å²) in [6.07, 6.45) is 3.12. The lowest BCUT2D eigenvalue weighted by Crippen LogP contribution is -2.51. The minimum atomic E-state index is 0.656. The fourth-order valence-corrected chi connectivity index (χ4v) is 3.25. The molecule has 1 aliphatic heterocycles. The Morgan fingerprint density at radius 1 is 1.33 bits per heavy atom. The lowest BCUT2D eigenvalue weighted by atomic mass is 10.00. The van der Waals surface area contributed by atoms with E-state index < -0.39 is 0 Å². The molecule has 1 N–H and O–H groups in total. The number of fused-ring (bicyclic) bond motifs is 1. The van der Waals surface area contributed by atoms with Crippen LogP contribution in [0, 0.1) is 5.92 Å². The molecule has 1 unspecified atom stereocenters. The van der Waals surface area contributed by atoms with Crippen molar-refractivity contribution >= 4 is 10.9 Å². The lowest BCUT2D eigenvalue weighted by molar-refractivity contribution is 0.134. The van der Waals surface area contributed by atoms with Crippen LogP contribution in [0.25, 0.3) is 10.9 Å². The van der Waals surface area contributed by atoms with E-state index in [0.29, 0.717) is 6.04 Å². The fourth-order valence-electron chi connectivity index (χ4n) is 3.25. The van der Waals surface area contributed by atoms with Gasteiger partial charge in [-0.2, -0.15) is 0 Å². The van der Waals surface area contributed by atoms with Gasteiger partial charge in [0.15, 0.2) is 0 Å². The van der Waals surface area contributed by atoms with E-state index in [0.717, 1.165) is 37.6 Å². The van der Waals surface area contributed by atoms with E-state index in [4.69, 9.17) is 0 Å². The SMILES string of the molecule is CC(C)CC1CNCCN1Cc1ccc2ncccc2c1. The summed E-state index contributed by atoms with van der Waals surface area (Å²) in [5.74, 6) is 0.748. The first-order valence-electron chi connectivity index (χ1n) is 8.01. The largest absolute Gasteiger partial charge is 0.314 e. The summed E-state index contributed by atoms with van der Waals surface area (Å²) in [4.78, 5) is 7.03. The minimum absolute atomic E-state index is 0.656. The molecule has 0 saturated carbocycles. The molecule has 112 valence electrons. The van der Waals surface area contributed by atoms with Crippen molar-refractivity contribution in [2.24, 2.45) is 5.92 Å². The van der Waals surface area contributed by atoms with Crippen molar-refractivity contribution in [2.45, 2.75) is 32.9 Å². The molecule has 0 spiro atoms. The molecular weight excluding hydrogens is 258 g/mol. The highest BCUT2D eigenvalue weighted by Crippen LogP contribution is 2.19. The van der Waals surface area contributed by atoms with Crippen molar-refractivity contribution < 1.29 is 0 Å². The quantitative estimate of drug-likeness (QED) is 0.935. The van der Waals surface area contributed by atoms with E-state index in [-0.39, 0.29) is 0 Å². The molecule has 2 heterocycles. The number of nitrogens with zero attached hydrogens (tertiary/aromatic N) is 2. The molecule has 3 heteroatoms. The Labute approximate surface area is 127 Å². The number of piperazine rings is 1. The zero-order valence-electron chi connectivity index (χ0n) is 13.0. The molecule has 0 amide bonds. The first kappa shape index (κ1) is 14.5. The maximum absolute atomic E-state index is 4.40. The van der Waals surface area contributed by atoms with Gasteiger partial charge in [-0.05, 0) is 36.1 Å². The molecule has 3 rings (SSSR count). The topological polar surface area (TPSA) is 28.2 Å². The lowest BCUT2D eigenvalue weighted by Gasteiger charge is -2.37. The molecule has 21 heavy (non-hydrogen) atoms. The molecule has 1 aromatic carbocycles. The zero-order chi connectivity index (χ0) is 14.7. The van der Waals surface area contributed by atoms with Crippen LogP contribution in [-0.2, 0) is 6.54 Å². The summed E-state index contributed by atoms with van der Waals surface area (Å²) < 4.78 is 0. The molecule has 0 bridgehead atoms. The number of hydrogen-bond acceptors (Lipinski definition) is 3. The molecule has 0 radical (unpaired) electrons. The molecule has 1 atom stereocenters. The van der Waals surface area contributed by atoms with Gasteiger partial charge in [-0.1, -0.05) is 26.0 Å². The van der Waals surface area contributed by atoms with E-state index in [2.05, 4.69) is 53.3 Å². The van der Waals surface area contributed by atoms with Gasteiger partial charge in [-0.3, -0.25) is 9.88 Å². The van der Waals surface area contributed by atoms with E-state index >= 15 is 0 Å². The number of rotatable bonds is 4. The standard InChI is InChI=1S/C18H25N3/c1-14(2)10-17-12-19-8-9-21(17)13-15-5-6-18-16(11-15)4-3-7-20-18/h3-7,11,14,17,19H,8-10,12-13H2,1-2H3. The predicted octanol–water partition coefficient (Wildman–Crippen LogP) is 3.05. The minimum Gasteiger partial charge on any atom is -0.314 e. The Balaban J connectivity index is 1.75. The van der Waals surface area contributed by atoms with Gasteiger partial charge in [0.05, 0.1) is 5.52 Å². The van der Waals surface area contributed by atoms with E-state index in [1.54, 1.807) is 0 Å². The van der Waals surface area contributed by atoms with Crippen LogP contribution in [0.3, 0.4) is 0 Å². The third-order valence-corrected chi connectivity index (χ3v) is 4.27. The Kier molecular flexibility index (Phi) is 4.51. The van der Waals surface area contributed by atoms with Crippen molar-refractivity contribution in [1.29, 1.82) is 0 Å². The maximum Gasteiger partial charge on any atom is 0.0702 e. The Hall–Kier alpha value is -1.45. The highest BCUT2D eigenvalue weighted by molar-refractivity contribution is 5.78. The van der Waals surface area contributed by atoms with Crippen LogP contribution in [-0.4, -0.2) is 35.6 Å². The van der Waals surface area contributed by atoms with Crippen molar-refractivity contribution in [2.75, 3.05) is 19.6 Å². The number of hydrogen-bond donors (Lipinski definition) is 1. The average molecular weight is 283 g/mol. The van der Waals surface area contributed by atoms with Gasteiger partial charge in [0.2, 0.25) is 0 Å². The van der Waals surface area contributed by atoms with Crippen molar-refractivity contribution in [1.82, 2.24) is 15.2 Å². The third-order valence-electron chi connectivity index (χ3n) is 4.27. The van der Waals surface area contributed by atoms with E-state index in [9.17, 15) is 0 Å². The van der Waals surface area contributed by atoms with E-state index in [1.807, 2.05) is 12.3 Å². The molecule has 1 fully saturated rings. The number of benzene rings is 1. The molecule has 2 aromatic rings. The van der Waals surface area contributed by atoms with Gasteiger partial charge < -0.3 is 5.32 Å². The van der Waals surface area contributed by atoms with Gasteiger partial charge in [-0.25, -0.2) is 0 Å². The summed E-state index contributed by atoms with van der Waals surface area (Å²) in [5, 5.41) is 4.78. The summed E-state index contributed by atoms with van der Waals surface area (Å²) in [7, 11) is 0. The second kappa shape index (κ2) is 6.54. The number of nitrogens with one attached hydrogen (secondary N) is 1. The monoisotopic (exact) mass is 283 g/mol. The number of aromatic nitrogens is 1. The second-order valence-electron chi connectivity index (χ2n) is 6.49. The smallest absolute Gasteiger partial charge is 0.0702 e. The number of pyridine rings is 1. The van der Waals surface area contributed by atoms with Crippen molar-refractivity contribution in [3.05, 3.63) is 42.1 Å². The summed E-state index contributed by atoms with van der Waals surface area (Å²) in [6.45, 7) is 9.03. The first-order valence-corrected chi connectivity index (χ1v) is 8.01. The first-order chi connectivity index (χ1) is 10.2. The summed E-state index contributed by atoms with van der Waals surface area (Å²) in [5.41, 5.74) is 2.48. The Morgan fingerprint density at radius 3 is 3.10 bits per heavy atom. The second-order valence-corrected chi connectivity index (χ2v) is 6.49. The van der Waals surface area contributed by atoms with Gasteiger partial charge in [0.1, 0.15) is 0 Å². The van der Waals surface area contributed by atoms with E-state index in [1.165, 1.54) is 17.4 Å². The maximum atomic E-state index is 4.40. The normalized spacial score (nSPS) is 20.2. The predicted molar refractivity (Wildman–Crippen MR) is 88.3 cm³/mol. The van der Waals surface area contributed by atoms with Crippen LogP contribution in [0.15, 0.2) is 36.5 Å². The zero-order valence-corrected chi connectivity index (χ0v) is 13.0. The highest BCUT2D eigenvalue weighted by Gasteiger charge is 2.22. The molecule has 3 nitrogen and oxygen atoms in total. The molecule has 0 aliphatic carbocycles. The van der Waals surface area contributed by atoms with Gasteiger partial charge in [0, 0.05) is 43.8 Å². The van der Waals surface area contributed by atoms with Crippen molar-refractivity contribution in [3.8, 4) is 0 Å². The summed E-state index contributed by atoms with van der Waals surface area (Å²) >= 11 is 0. The van der Waals surface area contributed by atoms with Crippen LogP contribution in [0.1, 0.15) is 25.8 Å². The van der Waals surface area contributed by atoms with Crippen LogP contribution < -0.4 is 5.32 Å². The average Bonchev–Trinajstić information content (AvgIpc) is 2.49.